The Morgan fingerprint density at radius 1 is 1.80 bits per heavy atom. The van der Waals surface area contributed by atoms with Gasteiger partial charge in [0.25, 0.3) is 0 Å². The summed E-state index contributed by atoms with van der Waals surface area (Å²) in [4.78, 5) is 7.60. The van der Waals surface area contributed by atoms with Crippen LogP contribution >= 0.6 is 8.81 Å². The first-order valence-corrected chi connectivity index (χ1v) is 2.17. The van der Waals surface area contributed by atoms with Crippen LogP contribution in [0.1, 0.15) is 2.85 Å². The van der Waals surface area contributed by atoms with Crippen molar-refractivity contribution in [3.05, 3.63) is 0 Å². The SMILES string of the molecule is CPO.[Ca+2].[H-].[H-].[Zn]. The Morgan fingerprint density at radius 2 is 1.80 bits per heavy atom. The third kappa shape index (κ3) is 22.2. The van der Waals surface area contributed by atoms with Gasteiger partial charge in [-0.15, -0.1) is 0 Å². The minimum absolute atomic E-state index is 0. The molecule has 0 bridgehead atoms. The summed E-state index contributed by atoms with van der Waals surface area (Å²) in [6.45, 7) is 1.71. The van der Waals surface area contributed by atoms with Crippen molar-refractivity contribution in [1.82, 2.24) is 0 Å². The zero-order valence-corrected chi connectivity index (χ0v) is 9.54. The standard InChI is InChI=1S/CH5OP.Ca.Zn.2H/c1-3-2;;;;/h2-3H,1H3;;;;/q;+2;;2*-1. The maximum Gasteiger partial charge on any atom is 2.00 e. The molecule has 0 amide bonds. The maximum atomic E-state index is 7.60. The fraction of sp³-hybridized carbons (Fsp3) is 1.00. The fourth-order valence-corrected chi connectivity index (χ4v) is 0. The van der Waals surface area contributed by atoms with Gasteiger partial charge in [-0.05, 0) is 6.66 Å². The van der Waals surface area contributed by atoms with E-state index < -0.39 is 0 Å². The van der Waals surface area contributed by atoms with Crippen molar-refractivity contribution in [3.63, 3.8) is 0 Å². The molecule has 0 saturated heterocycles. The van der Waals surface area contributed by atoms with Crippen molar-refractivity contribution in [3.8, 4) is 0 Å². The van der Waals surface area contributed by atoms with Crippen LogP contribution in [0, 0.1) is 0 Å². The number of rotatable bonds is 0. The van der Waals surface area contributed by atoms with Crippen molar-refractivity contribution in [1.29, 1.82) is 0 Å². The van der Waals surface area contributed by atoms with E-state index in [-0.39, 0.29) is 68.9 Å². The predicted octanol–water partition coefficient (Wildman–Crippen LogP) is 0.0437. The average molecular weight is 172 g/mol. The van der Waals surface area contributed by atoms with Crippen LogP contribution in [0.15, 0.2) is 0 Å². The molecule has 0 saturated carbocycles. The molecule has 0 aliphatic carbocycles. The molecule has 0 fully saturated rings. The van der Waals surface area contributed by atoms with Crippen LogP contribution in [-0.4, -0.2) is 49.3 Å². The van der Waals surface area contributed by atoms with Gasteiger partial charge in [-0.2, -0.15) is 0 Å². The monoisotopic (exact) mass is 170 g/mol. The largest absolute Gasteiger partial charge is 2.00 e. The van der Waals surface area contributed by atoms with Gasteiger partial charge in [-0.25, -0.2) is 0 Å². The molecule has 0 aliphatic heterocycles. The second-order valence-corrected chi connectivity index (χ2v) is 0.671. The van der Waals surface area contributed by atoms with Crippen LogP contribution in [0.3, 0.4) is 0 Å². The van der Waals surface area contributed by atoms with Gasteiger partial charge < -0.3 is 7.75 Å². The second kappa shape index (κ2) is 16.3. The topological polar surface area (TPSA) is 20.2 Å². The summed E-state index contributed by atoms with van der Waals surface area (Å²) in [7, 11) is 0.0833. The van der Waals surface area contributed by atoms with Crippen LogP contribution in [0.2, 0.25) is 0 Å². The van der Waals surface area contributed by atoms with Crippen molar-refractivity contribution < 1.29 is 27.2 Å². The smallest absolute Gasteiger partial charge is 1.00 e. The molecule has 4 heteroatoms. The summed E-state index contributed by atoms with van der Waals surface area (Å²) in [5.74, 6) is 0. The van der Waals surface area contributed by atoms with E-state index in [1.807, 2.05) is 0 Å². The Kier molecular flexibility index (Phi) is 51.0. The molecule has 0 heterocycles. The maximum absolute atomic E-state index is 7.60. The molecule has 1 atom stereocenters. The van der Waals surface area contributed by atoms with Crippen molar-refractivity contribution in [2.45, 2.75) is 0 Å². The van der Waals surface area contributed by atoms with Gasteiger partial charge in [0, 0.05) is 28.3 Å². The Bertz CT molecular complexity index is 17.7. The molecule has 0 rings (SSSR count). The first kappa shape index (κ1) is 15.7. The van der Waals surface area contributed by atoms with E-state index in [2.05, 4.69) is 0 Å². The number of hydrogen-bond donors (Lipinski definition) is 1. The summed E-state index contributed by atoms with van der Waals surface area (Å²) in [5, 5.41) is 0. The summed E-state index contributed by atoms with van der Waals surface area (Å²) in [6.07, 6.45) is 0. The van der Waals surface area contributed by atoms with E-state index in [0.29, 0.717) is 0 Å². The van der Waals surface area contributed by atoms with Crippen LogP contribution in [-0.2, 0) is 19.5 Å². The normalized spacial score (nSPS) is 6.00. The first-order valence-electron chi connectivity index (χ1n) is 0.724. The summed E-state index contributed by atoms with van der Waals surface area (Å²) >= 11 is 0. The fourth-order valence-electron chi connectivity index (χ4n) is 0. The van der Waals surface area contributed by atoms with E-state index >= 15 is 0 Å². The van der Waals surface area contributed by atoms with Gasteiger partial charge in [0.15, 0.2) is 0 Å². The Hall–Kier alpha value is 2.27. The van der Waals surface area contributed by atoms with Crippen LogP contribution < -0.4 is 0 Å². The molecule has 0 aromatic carbocycles. The molecular weight excluding hydrogens is 164 g/mol. The first-order chi connectivity index (χ1) is 1.41. The Labute approximate surface area is 79.5 Å². The zero-order valence-electron chi connectivity index (χ0n) is 5.36. The van der Waals surface area contributed by atoms with Gasteiger partial charge in [0.1, 0.15) is 0 Å². The number of hydrogen-bond acceptors (Lipinski definition) is 1. The summed E-state index contributed by atoms with van der Waals surface area (Å²) in [6, 6.07) is 0. The molecule has 0 spiro atoms. The van der Waals surface area contributed by atoms with Crippen molar-refractivity contribution in [2.24, 2.45) is 0 Å². The van der Waals surface area contributed by atoms with Crippen LogP contribution in [0.25, 0.3) is 0 Å². The van der Waals surface area contributed by atoms with Gasteiger partial charge in [0.2, 0.25) is 0 Å². The molecule has 1 unspecified atom stereocenters. The van der Waals surface area contributed by atoms with Gasteiger partial charge >= 0.3 is 37.7 Å². The third-order valence-corrected chi connectivity index (χ3v) is 0. The molecule has 26 valence electrons. The van der Waals surface area contributed by atoms with Gasteiger partial charge in [-0.3, -0.25) is 0 Å². The minimum atomic E-state index is 0. The molecule has 5 heavy (non-hydrogen) atoms. The van der Waals surface area contributed by atoms with E-state index in [1.165, 1.54) is 0 Å². The molecule has 0 radical (unpaired) electrons. The van der Waals surface area contributed by atoms with Crippen molar-refractivity contribution in [2.75, 3.05) is 6.66 Å². The molecule has 0 aromatic heterocycles. The zero-order chi connectivity index (χ0) is 2.71. The average Bonchev–Trinajstić information content (AvgIpc) is 0.918. The summed E-state index contributed by atoms with van der Waals surface area (Å²) in [5.41, 5.74) is 0. The van der Waals surface area contributed by atoms with E-state index in [9.17, 15) is 0 Å². The van der Waals surface area contributed by atoms with Crippen LogP contribution in [0.4, 0.5) is 0 Å². The van der Waals surface area contributed by atoms with E-state index in [4.69, 9.17) is 4.89 Å². The van der Waals surface area contributed by atoms with Crippen molar-refractivity contribution >= 4 is 46.5 Å². The second-order valence-electron chi connectivity index (χ2n) is 0.224. The molecule has 0 aromatic rings. The predicted molar refractivity (Wildman–Crippen MR) is 24.4 cm³/mol. The Balaban J connectivity index is -0.00000000333. The molecule has 1 nitrogen and oxygen atoms in total. The molecular formula is CH7CaOPZn. The third-order valence-electron chi connectivity index (χ3n) is 0. The van der Waals surface area contributed by atoms with Gasteiger partial charge in [0.05, 0.1) is 0 Å². The van der Waals surface area contributed by atoms with E-state index in [0.717, 1.165) is 0 Å². The van der Waals surface area contributed by atoms with Gasteiger partial charge in [-0.1, -0.05) is 0 Å². The summed E-state index contributed by atoms with van der Waals surface area (Å²) < 4.78 is 0. The Morgan fingerprint density at radius 3 is 1.80 bits per heavy atom. The van der Waals surface area contributed by atoms with Crippen LogP contribution in [0.5, 0.6) is 0 Å². The minimum Gasteiger partial charge on any atom is -1.00 e. The van der Waals surface area contributed by atoms with E-state index in [1.54, 1.807) is 6.66 Å². The molecule has 1 N–H and O–H groups in total. The molecule has 0 aliphatic rings. The quantitative estimate of drug-likeness (QED) is 0.403.